The van der Waals surface area contributed by atoms with Crippen LogP contribution in [0.15, 0.2) is 54.6 Å². The quantitative estimate of drug-likeness (QED) is 0.697. The average Bonchev–Trinajstić information content (AvgIpc) is 2.54. The molecular formula is C18H17NO3. The van der Waals surface area contributed by atoms with E-state index in [1.54, 1.807) is 30.3 Å². The summed E-state index contributed by atoms with van der Waals surface area (Å²) in [5, 5.41) is 0. The zero-order valence-electron chi connectivity index (χ0n) is 12.3. The highest BCUT2D eigenvalue weighted by atomic mass is 16.6. The third-order valence-electron chi connectivity index (χ3n) is 3.49. The third-order valence-corrected chi connectivity index (χ3v) is 3.49. The van der Waals surface area contributed by atoms with Crippen molar-refractivity contribution in [3.05, 3.63) is 65.7 Å². The summed E-state index contributed by atoms with van der Waals surface area (Å²) in [7, 11) is 0. The minimum absolute atomic E-state index is 0.140. The first-order valence-electron chi connectivity index (χ1n) is 7.06. The van der Waals surface area contributed by atoms with Crippen LogP contribution in [0.2, 0.25) is 0 Å². The Morgan fingerprint density at radius 3 is 2.77 bits per heavy atom. The summed E-state index contributed by atoms with van der Waals surface area (Å²) in [6.45, 7) is 2.02. The SMILES string of the molecule is CC1(COC(=O)c2ccccc2)C=Cc2cc(N)ccc2O1. The number of ether oxygens (including phenoxy) is 2. The number of carbonyl (C=O) groups is 1. The minimum atomic E-state index is -0.687. The molecule has 0 aliphatic carbocycles. The van der Waals surface area contributed by atoms with Gasteiger partial charge < -0.3 is 15.2 Å². The molecule has 2 aromatic rings. The van der Waals surface area contributed by atoms with E-state index in [9.17, 15) is 4.79 Å². The molecule has 1 aliphatic rings. The van der Waals surface area contributed by atoms with Crippen molar-refractivity contribution < 1.29 is 14.3 Å². The van der Waals surface area contributed by atoms with Crippen molar-refractivity contribution >= 4 is 17.7 Å². The highest BCUT2D eigenvalue weighted by Gasteiger charge is 2.29. The number of carbonyl (C=O) groups excluding carboxylic acids is 1. The van der Waals surface area contributed by atoms with Gasteiger partial charge in [0.2, 0.25) is 0 Å². The maximum Gasteiger partial charge on any atom is 0.338 e. The maximum absolute atomic E-state index is 12.0. The molecule has 0 aromatic heterocycles. The summed E-state index contributed by atoms with van der Waals surface area (Å²) in [4.78, 5) is 12.0. The van der Waals surface area contributed by atoms with Crippen LogP contribution in [-0.4, -0.2) is 18.2 Å². The molecule has 0 radical (unpaired) electrons. The normalized spacial score (nSPS) is 19.1. The number of fused-ring (bicyclic) bond motifs is 1. The third kappa shape index (κ3) is 2.96. The highest BCUT2D eigenvalue weighted by molar-refractivity contribution is 5.89. The monoisotopic (exact) mass is 295 g/mol. The van der Waals surface area contributed by atoms with E-state index < -0.39 is 5.60 Å². The fourth-order valence-corrected chi connectivity index (χ4v) is 2.29. The first-order valence-corrected chi connectivity index (χ1v) is 7.06. The molecule has 1 atom stereocenters. The summed E-state index contributed by atoms with van der Waals surface area (Å²) in [5.74, 6) is 0.372. The summed E-state index contributed by atoms with van der Waals surface area (Å²) in [5.41, 5.74) is 7.20. The molecule has 0 saturated carbocycles. The fourth-order valence-electron chi connectivity index (χ4n) is 2.29. The van der Waals surface area contributed by atoms with E-state index in [1.165, 1.54) is 0 Å². The largest absolute Gasteiger partial charge is 0.479 e. The van der Waals surface area contributed by atoms with Gasteiger partial charge in [-0.3, -0.25) is 0 Å². The van der Waals surface area contributed by atoms with Crippen LogP contribution in [0.1, 0.15) is 22.8 Å². The molecule has 112 valence electrons. The van der Waals surface area contributed by atoms with Gasteiger partial charge in [0, 0.05) is 11.3 Å². The Balaban J connectivity index is 1.69. The topological polar surface area (TPSA) is 61.5 Å². The van der Waals surface area contributed by atoms with Gasteiger partial charge in [0.15, 0.2) is 5.60 Å². The fraction of sp³-hybridized carbons (Fsp3) is 0.167. The van der Waals surface area contributed by atoms with E-state index in [1.807, 2.05) is 37.3 Å². The van der Waals surface area contributed by atoms with Gasteiger partial charge >= 0.3 is 5.97 Å². The van der Waals surface area contributed by atoms with Crippen molar-refractivity contribution in [3.8, 4) is 5.75 Å². The molecule has 0 saturated heterocycles. The number of hydrogen-bond donors (Lipinski definition) is 1. The molecule has 2 aromatic carbocycles. The Labute approximate surface area is 129 Å². The molecule has 4 nitrogen and oxygen atoms in total. The molecule has 4 heteroatoms. The number of hydrogen-bond acceptors (Lipinski definition) is 4. The van der Waals surface area contributed by atoms with E-state index in [2.05, 4.69) is 0 Å². The number of rotatable bonds is 3. The first-order chi connectivity index (χ1) is 10.6. The van der Waals surface area contributed by atoms with Crippen molar-refractivity contribution in [1.29, 1.82) is 0 Å². The average molecular weight is 295 g/mol. The molecule has 22 heavy (non-hydrogen) atoms. The number of nitrogen functional groups attached to an aromatic ring is 1. The molecular weight excluding hydrogens is 278 g/mol. The van der Waals surface area contributed by atoms with Gasteiger partial charge in [-0.15, -0.1) is 0 Å². The van der Waals surface area contributed by atoms with Gasteiger partial charge in [-0.25, -0.2) is 4.79 Å². The maximum atomic E-state index is 12.0. The predicted molar refractivity (Wildman–Crippen MR) is 85.6 cm³/mol. The van der Waals surface area contributed by atoms with Gasteiger partial charge in [0.25, 0.3) is 0 Å². The van der Waals surface area contributed by atoms with Gasteiger partial charge in [-0.05, 0) is 43.3 Å². The van der Waals surface area contributed by atoms with Crippen molar-refractivity contribution in [2.75, 3.05) is 12.3 Å². The van der Waals surface area contributed by atoms with Crippen LogP contribution in [0.25, 0.3) is 6.08 Å². The molecule has 1 aliphatic heterocycles. The second-order valence-corrected chi connectivity index (χ2v) is 5.49. The number of benzene rings is 2. The molecule has 0 spiro atoms. The van der Waals surface area contributed by atoms with Gasteiger partial charge in [-0.2, -0.15) is 0 Å². The summed E-state index contributed by atoms with van der Waals surface area (Å²) >= 11 is 0. The lowest BCUT2D eigenvalue weighted by molar-refractivity contribution is 0.0140. The van der Waals surface area contributed by atoms with Gasteiger partial charge in [0.05, 0.1) is 5.56 Å². The van der Waals surface area contributed by atoms with Crippen LogP contribution < -0.4 is 10.5 Å². The van der Waals surface area contributed by atoms with Crippen molar-refractivity contribution in [2.24, 2.45) is 0 Å². The molecule has 0 bridgehead atoms. The van der Waals surface area contributed by atoms with E-state index in [-0.39, 0.29) is 12.6 Å². The number of anilines is 1. The Hall–Kier alpha value is -2.75. The Morgan fingerprint density at radius 2 is 2.00 bits per heavy atom. The molecule has 1 heterocycles. The zero-order valence-corrected chi connectivity index (χ0v) is 12.3. The second kappa shape index (κ2) is 5.56. The van der Waals surface area contributed by atoms with Crippen molar-refractivity contribution in [1.82, 2.24) is 0 Å². The van der Waals surface area contributed by atoms with Crippen LogP contribution in [0, 0.1) is 0 Å². The lowest BCUT2D eigenvalue weighted by Gasteiger charge is -2.31. The zero-order chi connectivity index (χ0) is 15.6. The van der Waals surface area contributed by atoms with Crippen LogP contribution in [0.4, 0.5) is 5.69 Å². The van der Waals surface area contributed by atoms with E-state index >= 15 is 0 Å². The summed E-state index contributed by atoms with van der Waals surface area (Å²) in [6.07, 6.45) is 3.82. The second-order valence-electron chi connectivity index (χ2n) is 5.49. The lowest BCUT2D eigenvalue weighted by atomic mass is 10.0. The van der Waals surface area contributed by atoms with Gasteiger partial charge in [-0.1, -0.05) is 24.3 Å². The van der Waals surface area contributed by atoms with E-state index in [0.717, 1.165) is 11.3 Å². The first kappa shape index (κ1) is 14.2. The van der Waals surface area contributed by atoms with Crippen molar-refractivity contribution in [3.63, 3.8) is 0 Å². The van der Waals surface area contributed by atoms with Crippen LogP contribution in [-0.2, 0) is 4.74 Å². The molecule has 0 fully saturated rings. The molecule has 1 unspecified atom stereocenters. The smallest absolute Gasteiger partial charge is 0.338 e. The van der Waals surface area contributed by atoms with Crippen molar-refractivity contribution in [2.45, 2.75) is 12.5 Å². The number of esters is 1. The standard InChI is InChI=1S/C18H17NO3/c1-18(12-21-17(20)13-5-3-2-4-6-13)10-9-14-11-15(19)7-8-16(14)22-18/h2-11H,12,19H2,1H3. The Morgan fingerprint density at radius 1 is 1.23 bits per heavy atom. The van der Waals surface area contributed by atoms with Crippen LogP contribution >= 0.6 is 0 Å². The van der Waals surface area contributed by atoms with Crippen LogP contribution in [0.3, 0.4) is 0 Å². The summed E-state index contributed by atoms with van der Waals surface area (Å²) in [6, 6.07) is 14.4. The lowest BCUT2D eigenvalue weighted by Crippen LogP contribution is -2.38. The molecule has 2 N–H and O–H groups in total. The highest BCUT2D eigenvalue weighted by Crippen LogP contribution is 2.32. The van der Waals surface area contributed by atoms with E-state index in [0.29, 0.717) is 11.3 Å². The van der Waals surface area contributed by atoms with Crippen LogP contribution in [0.5, 0.6) is 5.75 Å². The predicted octanol–water partition coefficient (Wildman–Crippen LogP) is 3.29. The molecule has 0 amide bonds. The minimum Gasteiger partial charge on any atom is -0.479 e. The van der Waals surface area contributed by atoms with E-state index in [4.69, 9.17) is 15.2 Å². The Bertz CT molecular complexity index is 724. The Kier molecular flexibility index (Phi) is 3.59. The number of nitrogens with two attached hydrogens (primary N) is 1. The summed E-state index contributed by atoms with van der Waals surface area (Å²) < 4.78 is 11.3. The van der Waals surface area contributed by atoms with Gasteiger partial charge in [0.1, 0.15) is 12.4 Å². The molecule has 3 rings (SSSR count).